The van der Waals surface area contributed by atoms with Crippen LogP contribution in [0.15, 0.2) is 96.8 Å². The monoisotopic (exact) mass is 493 g/mol. The van der Waals surface area contributed by atoms with Crippen molar-refractivity contribution in [3.63, 3.8) is 0 Å². The molecule has 0 spiro atoms. The topological polar surface area (TPSA) is 102 Å². The number of hydrogen-bond acceptors (Lipinski definition) is 7. The predicted molar refractivity (Wildman–Crippen MR) is 144 cm³/mol. The van der Waals surface area contributed by atoms with Gasteiger partial charge >= 0.3 is 0 Å². The fraction of sp³-hybridized carbons (Fsp3) is 0.0357. The molecule has 178 valence electrons. The number of thiophene rings is 1. The molecular weight excluding hydrogens is 470 g/mol. The second-order valence-corrected chi connectivity index (χ2v) is 8.81. The number of anilines is 1. The minimum absolute atomic E-state index is 0.269. The number of amides is 1. The molecule has 0 saturated carbocycles. The van der Waals surface area contributed by atoms with E-state index in [-0.39, 0.29) is 5.91 Å². The standard InChI is InChI=1S/C28H23N5O2S/c29-28-26-24(20-8-11-23(12-9-20)35-22-6-2-1-3-7-22)18-36-27(26)21(17-31-28)10-13-25(34)33-32-16-19-5-4-14-30-15-19/h1-15,17-18,32H,16H2,(H2,29,31)(H,33,34)/b13-10+. The summed E-state index contributed by atoms with van der Waals surface area (Å²) in [6.45, 7) is 0.477. The maximum atomic E-state index is 12.3. The molecule has 4 N–H and O–H groups in total. The van der Waals surface area contributed by atoms with Gasteiger partial charge in [-0.05, 0) is 52.9 Å². The first kappa shape index (κ1) is 23.2. The van der Waals surface area contributed by atoms with Crippen LogP contribution in [-0.2, 0) is 11.3 Å². The molecule has 1 amide bonds. The summed E-state index contributed by atoms with van der Waals surface area (Å²) in [5.41, 5.74) is 15.6. The van der Waals surface area contributed by atoms with Crippen molar-refractivity contribution in [2.75, 3.05) is 5.73 Å². The Morgan fingerprint density at radius 3 is 2.58 bits per heavy atom. The summed E-state index contributed by atoms with van der Waals surface area (Å²) in [6, 6.07) is 21.3. The van der Waals surface area contributed by atoms with Crippen LogP contribution in [0.5, 0.6) is 11.5 Å². The number of nitrogens with two attached hydrogens (primary N) is 1. The lowest BCUT2D eigenvalue weighted by Gasteiger charge is -2.07. The molecule has 5 aromatic rings. The van der Waals surface area contributed by atoms with Crippen LogP contribution in [0, 0.1) is 0 Å². The molecule has 3 heterocycles. The van der Waals surface area contributed by atoms with Crippen molar-refractivity contribution in [3.05, 3.63) is 108 Å². The number of nitrogen functional groups attached to an aromatic ring is 1. The first-order valence-electron chi connectivity index (χ1n) is 11.3. The smallest absolute Gasteiger partial charge is 0.258 e. The number of rotatable bonds is 8. The molecule has 3 aromatic heterocycles. The van der Waals surface area contributed by atoms with Gasteiger partial charge in [-0.1, -0.05) is 36.4 Å². The number of nitrogens with one attached hydrogen (secondary N) is 2. The van der Waals surface area contributed by atoms with Crippen LogP contribution in [0.25, 0.3) is 27.3 Å². The summed E-state index contributed by atoms with van der Waals surface area (Å²) in [5, 5.41) is 2.93. The average molecular weight is 494 g/mol. The zero-order valence-electron chi connectivity index (χ0n) is 19.2. The Labute approximate surface area is 212 Å². The van der Waals surface area contributed by atoms with Crippen LogP contribution in [0.1, 0.15) is 11.1 Å². The summed E-state index contributed by atoms with van der Waals surface area (Å²) in [5.74, 6) is 1.72. The van der Waals surface area contributed by atoms with Crippen LogP contribution < -0.4 is 21.3 Å². The third-order valence-corrected chi connectivity index (χ3v) is 6.47. The van der Waals surface area contributed by atoms with E-state index < -0.39 is 0 Å². The van der Waals surface area contributed by atoms with Gasteiger partial charge < -0.3 is 10.5 Å². The summed E-state index contributed by atoms with van der Waals surface area (Å²) in [6.07, 6.45) is 8.34. The second-order valence-electron chi connectivity index (χ2n) is 7.93. The van der Waals surface area contributed by atoms with Crippen LogP contribution in [-0.4, -0.2) is 15.9 Å². The number of ether oxygens (including phenoxy) is 1. The van der Waals surface area contributed by atoms with Crippen LogP contribution in [0.2, 0.25) is 0 Å². The fourth-order valence-electron chi connectivity index (χ4n) is 3.69. The zero-order chi connectivity index (χ0) is 24.7. The molecule has 0 aliphatic carbocycles. The normalized spacial score (nSPS) is 11.1. The molecule has 0 atom stereocenters. The Kier molecular flexibility index (Phi) is 6.98. The molecular formula is C28H23N5O2S. The molecule has 0 saturated heterocycles. The number of benzene rings is 2. The van der Waals surface area contributed by atoms with Crippen molar-refractivity contribution in [1.82, 2.24) is 20.8 Å². The van der Waals surface area contributed by atoms with Crippen molar-refractivity contribution >= 4 is 39.2 Å². The van der Waals surface area contributed by atoms with Gasteiger partial charge in [-0.3, -0.25) is 15.2 Å². The average Bonchev–Trinajstić information content (AvgIpc) is 3.36. The van der Waals surface area contributed by atoms with Crippen LogP contribution in [0.3, 0.4) is 0 Å². The number of hydrogen-bond donors (Lipinski definition) is 3. The number of pyridine rings is 2. The maximum absolute atomic E-state index is 12.3. The summed E-state index contributed by atoms with van der Waals surface area (Å²) < 4.78 is 6.87. The van der Waals surface area contributed by atoms with Gasteiger partial charge in [-0.2, -0.15) is 0 Å². The van der Waals surface area contributed by atoms with Crippen molar-refractivity contribution in [2.24, 2.45) is 0 Å². The molecule has 5 rings (SSSR count). The fourth-order valence-corrected chi connectivity index (χ4v) is 4.77. The van der Waals surface area contributed by atoms with Crippen LogP contribution in [0.4, 0.5) is 5.82 Å². The van der Waals surface area contributed by atoms with E-state index in [1.54, 1.807) is 36.0 Å². The molecule has 0 aliphatic heterocycles. The van der Waals surface area contributed by atoms with E-state index in [1.807, 2.05) is 66.7 Å². The van der Waals surface area contributed by atoms with Gasteiger partial charge in [0.15, 0.2) is 0 Å². The molecule has 2 aromatic carbocycles. The van der Waals surface area contributed by atoms with Crippen molar-refractivity contribution in [2.45, 2.75) is 6.54 Å². The Balaban J connectivity index is 1.30. The summed E-state index contributed by atoms with van der Waals surface area (Å²) in [4.78, 5) is 20.7. The molecule has 0 bridgehead atoms. The molecule has 0 unspecified atom stereocenters. The highest BCUT2D eigenvalue weighted by molar-refractivity contribution is 7.18. The maximum Gasteiger partial charge on any atom is 0.258 e. The summed E-state index contributed by atoms with van der Waals surface area (Å²) >= 11 is 1.57. The minimum atomic E-state index is -0.269. The Bertz CT molecular complexity index is 1500. The van der Waals surface area contributed by atoms with E-state index in [9.17, 15) is 4.79 Å². The van der Waals surface area contributed by atoms with Crippen molar-refractivity contribution in [1.29, 1.82) is 0 Å². The molecule has 36 heavy (non-hydrogen) atoms. The molecule has 7 nitrogen and oxygen atoms in total. The van der Waals surface area contributed by atoms with E-state index in [4.69, 9.17) is 10.5 Å². The quantitative estimate of drug-likeness (QED) is 0.193. The largest absolute Gasteiger partial charge is 0.457 e. The Morgan fingerprint density at radius 2 is 1.81 bits per heavy atom. The van der Waals surface area contributed by atoms with E-state index in [2.05, 4.69) is 26.2 Å². The van der Waals surface area contributed by atoms with Gasteiger partial charge in [-0.25, -0.2) is 10.4 Å². The highest BCUT2D eigenvalue weighted by atomic mass is 32.1. The lowest BCUT2D eigenvalue weighted by molar-refractivity contribution is -0.117. The number of para-hydroxylation sites is 1. The van der Waals surface area contributed by atoms with Crippen LogP contribution >= 0.6 is 11.3 Å². The zero-order valence-corrected chi connectivity index (χ0v) is 20.0. The van der Waals surface area contributed by atoms with Gasteiger partial charge in [-0.15, -0.1) is 11.3 Å². The number of nitrogens with zero attached hydrogens (tertiary/aromatic N) is 2. The number of carbonyl (C=O) groups is 1. The highest BCUT2D eigenvalue weighted by Crippen LogP contribution is 2.39. The van der Waals surface area contributed by atoms with Gasteiger partial charge in [0.2, 0.25) is 0 Å². The van der Waals surface area contributed by atoms with Gasteiger partial charge in [0.05, 0.1) is 0 Å². The number of carbonyl (C=O) groups excluding carboxylic acids is 1. The Hall–Kier alpha value is -4.53. The van der Waals surface area contributed by atoms with Crippen molar-refractivity contribution in [3.8, 4) is 22.6 Å². The SMILES string of the molecule is Nc1ncc(/C=C/C(=O)NNCc2cccnc2)c2scc(-c3ccc(Oc4ccccc4)cc3)c12. The van der Waals surface area contributed by atoms with Gasteiger partial charge in [0.25, 0.3) is 5.91 Å². The third kappa shape index (κ3) is 5.41. The molecule has 0 aliphatic rings. The highest BCUT2D eigenvalue weighted by Gasteiger charge is 2.13. The lowest BCUT2D eigenvalue weighted by Crippen LogP contribution is -2.35. The number of aromatic nitrogens is 2. The third-order valence-electron chi connectivity index (χ3n) is 5.44. The van der Waals surface area contributed by atoms with Gasteiger partial charge in [0.1, 0.15) is 17.3 Å². The lowest BCUT2D eigenvalue weighted by atomic mass is 10.0. The predicted octanol–water partition coefficient (Wildman–Crippen LogP) is 5.57. The number of hydrazine groups is 1. The first-order chi connectivity index (χ1) is 17.7. The summed E-state index contributed by atoms with van der Waals surface area (Å²) in [7, 11) is 0. The van der Waals surface area contributed by atoms with E-state index in [1.165, 1.54) is 6.08 Å². The number of fused-ring (bicyclic) bond motifs is 1. The molecule has 0 radical (unpaired) electrons. The molecule has 8 heteroatoms. The van der Waals surface area contributed by atoms with E-state index >= 15 is 0 Å². The van der Waals surface area contributed by atoms with Gasteiger partial charge in [0, 0.05) is 52.4 Å². The van der Waals surface area contributed by atoms with Crippen molar-refractivity contribution < 1.29 is 9.53 Å². The minimum Gasteiger partial charge on any atom is -0.457 e. The second kappa shape index (κ2) is 10.8. The van der Waals surface area contributed by atoms with E-state index in [0.29, 0.717) is 12.4 Å². The van der Waals surface area contributed by atoms with E-state index in [0.717, 1.165) is 43.8 Å². The first-order valence-corrected chi connectivity index (χ1v) is 12.1. The Morgan fingerprint density at radius 1 is 1.00 bits per heavy atom. The molecule has 0 fully saturated rings.